The molecule has 1 aliphatic rings. The first-order chi connectivity index (χ1) is 9.89. The van der Waals surface area contributed by atoms with Crippen molar-refractivity contribution in [2.75, 3.05) is 5.73 Å². The Balaban J connectivity index is 2.04. The van der Waals surface area contributed by atoms with E-state index < -0.39 is 20.7 Å². The first kappa shape index (κ1) is 14.3. The Hall–Kier alpha value is -1.63. The number of nitrogen functional groups attached to an aromatic ring is 1. The quantitative estimate of drug-likeness (QED) is 0.863. The fourth-order valence-electron chi connectivity index (χ4n) is 2.38. The van der Waals surface area contributed by atoms with Crippen LogP contribution in [0.4, 0.5) is 10.1 Å². The number of hydrogen-bond donors (Lipinski definition) is 1. The van der Waals surface area contributed by atoms with Gasteiger partial charge in [0.25, 0.3) is 0 Å². The summed E-state index contributed by atoms with van der Waals surface area (Å²) in [6.07, 6.45) is 0. The van der Waals surface area contributed by atoms with Gasteiger partial charge in [-0.15, -0.1) is 0 Å². The molecule has 0 radical (unpaired) electrons. The van der Waals surface area contributed by atoms with Gasteiger partial charge < -0.3 is 5.73 Å². The molecule has 0 aromatic heterocycles. The molecule has 2 N–H and O–H groups in total. The van der Waals surface area contributed by atoms with Gasteiger partial charge in [0, 0.05) is 18.1 Å². The van der Waals surface area contributed by atoms with E-state index in [4.69, 9.17) is 17.3 Å². The van der Waals surface area contributed by atoms with Gasteiger partial charge in [-0.1, -0.05) is 35.9 Å². The summed E-state index contributed by atoms with van der Waals surface area (Å²) in [5, 5.41) is 0.0872. The van der Waals surface area contributed by atoms with Crippen molar-refractivity contribution >= 4 is 27.3 Å². The van der Waals surface area contributed by atoms with Crippen molar-refractivity contribution in [3.8, 4) is 0 Å². The van der Waals surface area contributed by atoms with Gasteiger partial charge in [0.05, 0.1) is 5.69 Å². The third kappa shape index (κ3) is 2.39. The van der Waals surface area contributed by atoms with E-state index in [1.54, 1.807) is 0 Å². The van der Waals surface area contributed by atoms with E-state index in [0.717, 1.165) is 17.2 Å². The summed E-state index contributed by atoms with van der Waals surface area (Å²) in [5.74, 6) is -0.963. The van der Waals surface area contributed by atoms with Crippen molar-refractivity contribution in [2.24, 2.45) is 0 Å². The molecule has 110 valence electrons. The highest BCUT2D eigenvalue weighted by molar-refractivity contribution is 7.89. The van der Waals surface area contributed by atoms with Gasteiger partial charge in [-0.3, -0.25) is 0 Å². The zero-order valence-electron chi connectivity index (χ0n) is 10.9. The molecular weight excluding hydrogens is 315 g/mol. The zero-order valence-corrected chi connectivity index (χ0v) is 12.5. The second-order valence-corrected chi connectivity index (χ2v) is 7.19. The minimum absolute atomic E-state index is 0.0872. The minimum atomic E-state index is -3.99. The molecule has 1 aliphatic heterocycles. The van der Waals surface area contributed by atoms with E-state index >= 15 is 0 Å². The van der Waals surface area contributed by atoms with Crippen LogP contribution in [0.1, 0.15) is 11.1 Å². The Bertz CT molecular complexity index is 799. The topological polar surface area (TPSA) is 63.4 Å². The van der Waals surface area contributed by atoms with E-state index in [2.05, 4.69) is 0 Å². The van der Waals surface area contributed by atoms with Crippen molar-refractivity contribution < 1.29 is 12.8 Å². The summed E-state index contributed by atoms with van der Waals surface area (Å²) in [6, 6.07) is 9.67. The average molecular weight is 327 g/mol. The van der Waals surface area contributed by atoms with E-state index in [9.17, 15) is 12.8 Å². The van der Waals surface area contributed by atoms with Gasteiger partial charge in [0.1, 0.15) is 4.90 Å². The molecule has 0 spiro atoms. The van der Waals surface area contributed by atoms with Crippen molar-refractivity contribution in [1.82, 2.24) is 4.31 Å². The fraction of sp³-hybridized carbons (Fsp3) is 0.143. The van der Waals surface area contributed by atoms with Crippen LogP contribution in [0.5, 0.6) is 0 Å². The van der Waals surface area contributed by atoms with Gasteiger partial charge in [-0.05, 0) is 23.3 Å². The highest BCUT2D eigenvalue weighted by Crippen LogP contribution is 2.32. The fourth-order valence-corrected chi connectivity index (χ4v) is 4.19. The number of halogens is 2. The molecule has 0 bridgehead atoms. The highest BCUT2D eigenvalue weighted by atomic mass is 35.5. The van der Waals surface area contributed by atoms with E-state index in [-0.39, 0.29) is 23.8 Å². The molecule has 1 heterocycles. The Morgan fingerprint density at radius 2 is 1.71 bits per heavy atom. The summed E-state index contributed by atoms with van der Waals surface area (Å²) in [6.45, 7) is 0.425. The van der Waals surface area contributed by atoms with Crippen LogP contribution in [-0.2, 0) is 23.1 Å². The van der Waals surface area contributed by atoms with Crippen LogP contribution in [-0.4, -0.2) is 12.7 Å². The molecule has 0 fully saturated rings. The van der Waals surface area contributed by atoms with Crippen molar-refractivity contribution in [3.05, 3.63) is 58.4 Å². The molecule has 0 unspecified atom stereocenters. The van der Waals surface area contributed by atoms with Gasteiger partial charge in [0.15, 0.2) is 5.82 Å². The maximum absolute atomic E-state index is 14.1. The molecule has 0 aliphatic carbocycles. The van der Waals surface area contributed by atoms with Gasteiger partial charge in [0.2, 0.25) is 10.0 Å². The van der Waals surface area contributed by atoms with E-state index in [1.807, 2.05) is 24.3 Å². The minimum Gasteiger partial charge on any atom is -0.396 e. The number of nitrogens with zero attached hydrogens (tertiary/aromatic N) is 1. The molecule has 0 saturated carbocycles. The van der Waals surface area contributed by atoms with Crippen LogP contribution < -0.4 is 5.73 Å². The highest BCUT2D eigenvalue weighted by Gasteiger charge is 2.33. The van der Waals surface area contributed by atoms with Crippen molar-refractivity contribution in [3.63, 3.8) is 0 Å². The second kappa shape index (κ2) is 4.98. The SMILES string of the molecule is Nc1cc(Cl)cc(S(=O)(=O)N2Cc3ccccc3C2)c1F. The molecular formula is C14H12ClFN2O2S. The monoisotopic (exact) mass is 326 g/mol. The first-order valence-corrected chi connectivity index (χ1v) is 8.03. The predicted molar refractivity (Wildman–Crippen MR) is 78.7 cm³/mol. The van der Waals surface area contributed by atoms with Crippen LogP contribution in [0, 0.1) is 5.82 Å². The third-order valence-electron chi connectivity index (χ3n) is 3.46. The van der Waals surface area contributed by atoms with Gasteiger partial charge >= 0.3 is 0 Å². The largest absolute Gasteiger partial charge is 0.396 e. The van der Waals surface area contributed by atoms with Gasteiger partial charge in [-0.2, -0.15) is 4.31 Å². The second-order valence-electron chi connectivity index (χ2n) is 4.85. The van der Waals surface area contributed by atoms with Crippen molar-refractivity contribution in [1.29, 1.82) is 0 Å². The molecule has 0 amide bonds. The molecule has 2 aromatic carbocycles. The Kier molecular flexibility index (Phi) is 3.39. The molecule has 0 atom stereocenters. The number of nitrogens with two attached hydrogens (primary N) is 1. The number of sulfonamides is 1. The summed E-state index contributed by atoms with van der Waals surface area (Å²) >= 11 is 5.79. The van der Waals surface area contributed by atoms with Gasteiger partial charge in [-0.25, -0.2) is 12.8 Å². The molecule has 21 heavy (non-hydrogen) atoms. The van der Waals surface area contributed by atoms with Crippen LogP contribution in [0.25, 0.3) is 0 Å². The number of rotatable bonds is 2. The predicted octanol–water partition coefficient (Wildman–Crippen LogP) is 2.77. The lowest BCUT2D eigenvalue weighted by Crippen LogP contribution is -2.26. The Morgan fingerprint density at radius 1 is 1.14 bits per heavy atom. The molecule has 0 saturated heterocycles. The van der Waals surface area contributed by atoms with Crippen LogP contribution in [0.3, 0.4) is 0 Å². The number of hydrogen-bond acceptors (Lipinski definition) is 3. The lowest BCUT2D eigenvalue weighted by atomic mass is 10.1. The maximum Gasteiger partial charge on any atom is 0.246 e. The maximum atomic E-state index is 14.1. The lowest BCUT2D eigenvalue weighted by Gasteiger charge is -2.17. The van der Waals surface area contributed by atoms with Crippen LogP contribution in [0.2, 0.25) is 5.02 Å². The molecule has 4 nitrogen and oxygen atoms in total. The summed E-state index contributed by atoms with van der Waals surface area (Å²) in [5.41, 5.74) is 7.01. The molecule has 3 rings (SSSR count). The van der Waals surface area contributed by atoms with E-state index in [0.29, 0.717) is 0 Å². The summed E-state index contributed by atoms with van der Waals surface area (Å²) in [7, 11) is -3.99. The molecule has 7 heteroatoms. The summed E-state index contributed by atoms with van der Waals surface area (Å²) in [4.78, 5) is -0.486. The van der Waals surface area contributed by atoms with E-state index in [1.165, 1.54) is 10.4 Å². The smallest absolute Gasteiger partial charge is 0.246 e. The number of fused-ring (bicyclic) bond motifs is 1. The zero-order chi connectivity index (χ0) is 15.2. The first-order valence-electron chi connectivity index (χ1n) is 6.21. The number of anilines is 1. The van der Waals surface area contributed by atoms with Crippen molar-refractivity contribution in [2.45, 2.75) is 18.0 Å². The molecule has 2 aromatic rings. The normalized spacial score (nSPS) is 15.1. The van der Waals surface area contributed by atoms with Crippen LogP contribution in [0.15, 0.2) is 41.3 Å². The average Bonchev–Trinajstić information content (AvgIpc) is 2.87. The lowest BCUT2D eigenvalue weighted by molar-refractivity contribution is 0.427. The Morgan fingerprint density at radius 3 is 2.29 bits per heavy atom. The Labute approximate surface area is 127 Å². The summed E-state index contributed by atoms with van der Waals surface area (Å²) < 4.78 is 40.5. The standard InChI is InChI=1S/C14H12ClFN2O2S/c15-11-5-12(17)14(16)13(6-11)21(19,20)18-7-9-3-1-2-4-10(9)8-18/h1-6H,7-8,17H2. The third-order valence-corrected chi connectivity index (χ3v) is 5.47. The van der Waals surface area contributed by atoms with Crippen LogP contribution >= 0.6 is 11.6 Å². The number of benzene rings is 2.